The number of ether oxygens (including phenoxy) is 3. The van der Waals surface area contributed by atoms with Gasteiger partial charge in [0.2, 0.25) is 5.88 Å². The van der Waals surface area contributed by atoms with E-state index in [0.717, 1.165) is 39.3 Å². The maximum atomic E-state index is 11.0. The van der Waals surface area contributed by atoms with E-state index in [1.165, 1.54) is 7.11 Å². The van der Waals surface area contributed by atoms with E-state index in [0.29, 0.717) is 30.2 Å². The van der Waals surface area contributed by atoms with Crippen molar-refractivity contribution in [1.82, 2.24) is 14.9 Å². The van der Waals surface area contributed by atoms with Gasteiger partial charge < -0.3 is 24.2 Å². The quantitative estimate of drug-likeness (QED) is 0.859. The monoisotopic (exact) mass is 323 g/mol. The maximum absolute atomic E-state index is 11.0. The Kier molecular flexibility index (Phi) is 4.99. The average molecular weight is 323 g/mol. The Bertz CT molecular complexity index is 526. The molecule has 2 fully saturated rings. The molecule has 0 saturated carbocycles. The van der Waals surface area contributed by atoms with Gasteiger partial charge in [0.25, 0.3) is 0 Å². The van der Waals surface area contributed by atoms with Gasteiger partial charge in [-0.15, -0.1) is 0 Å². The molecule has 1 N–H and O–H groups in total. The minimum Gasteiger partial charge on any atom is -0.481 e. The summed E-state index contributed by atoms with van der Waals surface area (Å²) in [6, 6.07) is 0.243. The van der Waals surface area contributed by atoms with Crippen LogP contribution in [0.5, 0.6) is 11.9 Å². The van der Waals surface area contributed by atoms with Gasteiger partial charge in [0.05, 0.1) is 32.0 Å². The van der Waals surface area contributed by atoms with Gasteiger partial charge in [-0.1, -0.05) is 0 Å². The third kappa shape index (κ3) is 3.57. The highest BCUT2D eigenvalue weighted by Gasteiger charge is 2.38. The van der Waals surface area contributed by atoms with Gasteiger partial charge >= 0.3 is 6.01 Å². The second-order valence-electron chi connectivity index (χ2n) is 6.34. The van der Waals surface area contributed by atoms with E-state index >= 15 is 0 Å². The normalized spacial score (nSPS) is 24.6. The molecule has 3 rings (SSSR count). The minimum atomic E-state index is -0.944. The molecule has 1 unspecified atom stereocenters. The molecule has 0 aliphatic carbocycles. The molecule has 0 aromatic carbocycles. The average Bonchev–Trinajstić information content (AvgIpc) is 3.09. The zero-order chi connectivity index (χ0) is 16.3. The van der Waals surface area contributed by atoms with Gasteiger partial charge in [0, 0.05) is 32.4 Å². The van der Waals surface area contributed by atoms with Crippen LogP contribution in [0.25, 0.3) is 0 Å². The molecule has 23 heavy (non-hydrogen) atoms. The van der Waals surface area contributed by atoms with Crippen molar-refractivity contribution in [1.29, 1.82) is 0 Å². The molecule has 2 aliphatic rings. The van der Waals surface area contributed by atoms with Crippen molar-refractivity contribution < 1.29 is 19.3 Å². The van der Waals surface area contributed by atoms with Crippen LogP contribution < -0.4 is 9.47 Å². The molecule has 1 atom stereocenters. The molecule has 2 saturated heterocycles. The Morgan fingerprint density at radius 1 is 1.35 bits per heavy atom. The topological polar surface area (TPSA) is 76.9 Å². The number of aromatic nitrogens is 2. The van der Waals surface area contributed by atoms with Crippen LogP contribution in [-0.4, -0.2) is 67.0 Å². The summed E-state index contributed by atoms with van der Waals surface area (Å²) in [5.74, 6) is 1.01. The van der Waals surface area contributed by atoms with E-state index in [1.54, 1.807) is 13.3 Å². The lowest BCUT2D eigenvalue weighted by Crippen LogP contribution is -2.44. The first-order valence-corrected chi connectivity index (χ1v) is 8.12. The van der Waals surface area contributed by atoms with Crippen LogP contribution in [0, 0.1) is 5.92 Å². The number of rotatable bonds is 5. The molecular formula is C16H25N3O4. The molecule has 0 spiro atoms. The first kappa shape index (κ1) is 16.4. The van der Waals surface area contributed by atoms with Gasteiger partial charge in [0.15, 0.2) is 0 Å². The molecule has 2 aliphatic heterocycles. The van der Waals surface area contributed by atoms with Crippen molar-refractivity contribution in [2.75, 3.05) is 47.1 Å². The third-order valence-corrected chi connectivity index (χ3v) is 4.83. The van der Waals surface area contributed by atoms with E-state index in [-0.39, 0.29) is 6.01 Å². The lowest BCUT2D eigenvalue weighted by molar-refractivity contribution is -0.0312. The highest BCUT2D eigenvalue weighted by atomic mass is 16.5. The number of aliphatic hydroxyl groups is 1. The Hall–Kier alpha value is -1.44. The molecule has 0 radical (unpaired) electrons. The fourth-order valence-electron chi connectivity index (χ4n) is 3.39. The van der Waals surface area contributed by atoms with Crippen LogP contribution in [0.4, 0.5) is 0 Å². The van der Waals surface area contributed by atoms with Gasteiger partial charge in [0.1, 0.15) is 0 Å². The smallest absolute Gasteiger partial charge is 0.319 e. The van der Waals surface area contributed by atoms with Gasteiger partial charge in [-0.25, -0.2) is 4.98 Å². The molecule has 7 nitrogen and oxygen atoms in total. The summed E-state index contributed by atoms with van der Waals surface area (Å²) in [4.78, 5) is 10.7. The standard InChI is InChI=1S/C16H25N3O4/c1-21-14-13(9-17-15(18-14)22-2)16(20)4-6-19(7-5-16)10-12-3-8-23-11-12/h9,12,20H,3-8,10-11H2,1-2H3. The summed E-state index contributed by atoms with van der Waals surface area (Å²) in [6.07, 6.45) is 4.05. The fourth-order valence-corrected chi connectivity index (χ4v) is 3.39. The summed E-state index contributed by atoms with van der Waals surface area (Å²) in [5, 5.41) is 11.0. The summed E-state index contributed by atoms with van der Waals surface area (Å²) < 4.78 is 15.8. The number of hydrogen-bond donors (Lipinski definition) is 1. The van der Waals surface area contributed by atoms with Crippen LogP contribution in [0.15, 0.2) is 6.20 Å². The Labute approximate surface area is 136 Å². The molecule has 0 amide bonds. The summed E-state index contributed by atoms with van der Waals surface area (Å²) in [7, 11) is 3.05. The largest absolute Gasteiger partial charge is 0.481 e. The molecule has 3 heterocycles. The van der Waals surface area contributed by atoms with Crippen molar-refractivity contribution in [2.45, 2.75) is 24.9 Å². The van der Waals surface area contributed by atoms with Crippen LogP contribution in [0.3, 0.4) is 0 Å². The number of methoxy groups -OCH3 is 2. The van der Waals surface area contributed by atoms with Crippen molar-refractivity contribution >= 4 is 0 Å². The molecule has 7 heteroatoms. The Morgan fingerprint density at radius 2 is 2.13 bits per heavy atom. The number of piperidine rings is 1. The molecule has 128 valence electrons. The van der Waals surface area contributed by atoms with E-state index < -0.39 is 5.60 Å². The second-order valence-corrected chi connectivity index (χ2v) is 6.34. The first-order chi connectivity index (χ1) is 11.1. The van der Waals surface area contributed by atoms with Crippen LogP contribution in [-0.2, 0) is 10.3 Å². The van der Waals surface area contributed by atoms with Crippen molar-refractivity contribution in [3.63, 3.8) is 0 Å². The third-order valence-electron chi connectivity index (χ3n) is 4.83. The Balaban J connectivity index is 1.66. The van der Waals surface area contributed by atoms with Crippen molar-refractivity contribution in [2.24, 2.45) is 5.92 Å². The number of hydrogen-bond acceptors (Lipinski definition) is 7. The lowest BCUT2D eigenvalue weighted by Gasteiger charge is -2.39. The molecule has 1 aromatic rings. The summed E-state index contributed by atoms with van der Waals surface area (Å²) in [5.41, 5.74) is -0.301. The lowest BCUT2D eigenvalue weighted by atomic mass is 9.85. The van der Waals surface area contributed by atoms with E-state index in [2.05, 4.69) is 14.9 Å². The SMILES string of the molecule is COc1ncc(C2(O)CCN(CC3CCOC3)CC2)c(OC)n1. The van der Waals surface area contributed by atoms with Crippen LogP contribution >= 0.6 is 0 Å². The van der Waals surface area contributed by atoms with Gasteiger partial charge in [-0.2, -0.15) is 4.98 Å². The van der Waals surface area contributed by atoms with Gasteiger partial charge in [-0.3, -0.25) is 0 Å². The Morgan fingerprint density at radius 3 is 2.74 bits per heavy atom. The number of nitrogens with zero attached hydrogens (tertiary/aromatic N) is 3. The fraction of sp³-hybridized carbons (Fsp3) is 0.750. The predicted octanol–water partition coefficient (Wildman–Crippen LogP) is 0.814. The van der Waals surface area contributed by atoms with E-state index in [9.17, 15) is 5.11 Å². The number of likely N-dealkylation sites (tertiary alicyclic amines) is 1. The van der Waals surface area contributed by atoms with Gasteiger partial charge in [-0.05, 0) is 25.2 Å². The summed E-state index contributed by atoms with van der Waals surface area (Å²) in [6.45, 7) is 4.49. The maximum Gasteiger partial charge on any atom is 0.319 e. The van der Waals surface area contributed by atoms with E-state index in [1.807, 2.05) is 0 Å². The van der Waals surface area contributed by atoms with E-state index in [4.69, 9.17) is 14.2 Å². The predicted molar refractivity (Wildman–Crippen MR) is 83.6 cm³/mol. The molecule has 0 bridgehead atoms. The summed E-state index contributed by atoms with van der Waals surface area (Å²) >= 11 is 0. The molecule has 1 aromatic heterocycles. The first-order valence-electron chi connectivity index (χ1n) is 8.12. The van der Waals surface area contributed by atoms with Crippen molar-refractivity contribution in [3.8, 4) is 11.9 Å². The highest BCUT2D eigenvalue weighted by Crippen LogP contribution is 2.37. The van der Waals surface area contributed by atoms with Crippen LogP contribution in [0.1, 0.15) is 24.8 Å². The zero-order valence-electron chi connectivity index (χ0n) is 13.8. The minimum absolute atomic E-state index is 0.243. The molecular weight excluding hydrogens is 298 g/mol. The van der Waals surface area contributed by atoms with Crippen molar-refractivity contribution in [3.05, 3.63) is 11.8 Å². The zero-order valence-corrected chi connectivity index (χ0v) is 13.8. The highest BCUT2D eigenvalue weighted by molar-refractivity contribution is 5.31. The second kappa shape index (κ2) is 6.98. The van der Waals surface area contributed by atoms with Crippen LogP contribution in [0.2, 0.25) is 0 Å².